The molecule has 3 N–H and O–H groups in total. The number of anilines is 1. The third-order valence-corrected chi connectivity index (χ3v) is 2.65. The number of hydrogen-bond acceptors (Lipinski definition) is 6. The van der Waals surface area contributed by atoms with Crippen LogP contribution in [0.4, 0.5) is 5.82 Å². The molecule has 0 aliphatic rings. The fourth-order valence-electron chi connectivity index (χ4n) is 1.78. The third-order valence-electron chi connectivity index (χ3n) is 2.65. The van der Waals surface area contributed by atoms with Gasteiger partial charge >= 0.3 is 0 Å². The van der Waals surface area contributed by atoms with Crippen molar-refractivity contribution < 1.29 is 0 Å². The Morgan fingerprint density at radius 1 is 1.17 bits per heavy atom. The third kappa shape index (κ3) is 1.76. The summed E-state index contributed by atoms with van der Waals surface area (Å²) in [5.41, 5.74) is 5.01. The van der Waals surface area contributed by atoms with E-state index in [9.17, 15) is 0 Å². The Balaban J connectivity index is 2.03. The smallest absolute Gasteiger partial charge is 0.192 e. The molecule has 3 aromatic rings. The molecule has 0 amide bonds. The number of nitrogens with one attached hydrogen (secondary N) is 1. The van der Waals surface area contributed by atoms with Gasteiger partial charge in [-0.25, -0.2) is 10.5 Å². The zero-order chi connectivity index (χ0) is 12.4. The van der Waals surface area contributed by atoms with Gasteiger partial charge in [0, 0.05) is 0 Å². The molecule has 0 atom stereocenters. The summed E-state index contributed by atoms with van der Waals surface area (Å²) in [6.07, 6.45) is 1.62. The van der Waals surface area contributed by atoms with Gasteiger partial charge in [-0.05, 0) is 5.56 Å². The maximum Gasteiger partial charge on any atom is 0.192 e. The lowest BCUT2D eigenvalue weighted by atomic mass is 10.2. The van der Waals surface area contributed by atoms with E-state index in [1.54, 1.807) is 10.9 Å². The van der Waals surface area contributed by atoms with Crippen molar-refractivity contribution >= 4 is 16.9 Å². The van der Waals surface area contributed by atoms with Gasteiger partial charge in [0.25, 0.3) is 0 Å². The SMILES string of the molecule is NNc1nncc2c1nnn2Cc1ccccc1. The van der Waals surface area contributed by atoms with Crippen LogP contribution in [0.2, 0.25) is 0 Å². The summed E-state index contributed by atoms with van der Waals surface area (Å²) in [5, 5.41) is 15.9. The summed E-state index contributed by atoms with van der Waals surface area (Å²) < 4.78 is 1.76. The summed E-state index contributed by atoms with van der Waals surface area (Å²) in [6.45, 7) is 0.632. The predicted molar refractivity (Wildman–Crippen MR) is 66.5 cm³/mol. The van der Waals surface area contributed by atoms with E-state index < -0.39 is 0 Å². The number of nitrogens with zero attached hydrogens (tertiary/aromatic N) is 5. The molecule has 0 saturated heterocycles. The van der Waals surface area contributed by atoms with Crippen LogP contribution in [0.5, 0.6) is 0 Å². The van der Waals surface area contributed by atoms with Crippen molar-refractivity contribution in [1.82, 2.24) is 25.2 Å². The van der Waals surface area contributed by atoms with Gasteiger partial charge in [-0.1, -0.05) is 35.5 Å². The first-order chi connectivity index (χ1) is 8.88. The Hall–Kier alpha value is -2.54. The molecule has 0 unspecified atom stereocenters. The topological polar surface area (TPSA) is 94.5 Å². The molecule has 7 nitrogen and oxygen atoms in total. The summed E-state index contributed by atoms with van der Waals surface area (Å²) in [6, 6.07) is 10.0. The van der Waals surface area contributed by atoms with Crippen LogP contribution in [-0.2, 0) is 6.54 Å². The Morgan fingerprint density at radius 3 is 2.78 bits per heavy atom. The van der Waals surface area contributed by atoms with Crippen LogP contribution in [0.3, 0.4) is 0 Å². The number of fused-ring (bicyclic) bond motifs is 1. The lowest BCUT2D eigenvalue weighted by molar-refractivity contribution is 0.669. The molecule has 0 spiro atoms. The van der Waals surface area contributed by atoms with Crippen molar-refractivity contribution in [2.45, 2.75) is 6.54 Å². The minimum atomic E-state index is 0.423. The van der Waals surface area contributed by atoms with Crippen LogP contribution in [0.1, 0.15) is 5.56 Å². The van der Waals surface area contributed by atoms with Crippen molar-refractivity contribution in [2.75, 3.05) is 5.43 Å². The Bertz CT molecular complexity index is 661. The molecule has 0 radical (unpaired) electrons. The van der Waals surface area contributed by atoms with E-state index in [0.717, 1.165) is 11.1 Å². The van der Waals surface area contributed by atoms with E-state index in [2.05, 4.69) is 25.9 Å². The molecule has 7 heteroatoms. The first-order valence-corrected chi connectivity index (χ1v) is 5.44. The molecule has 0 aliphatic heterocycles. The second-order valence-corrected chi connectivity index (χ2v) is 3.80. The number of nitrogens with two attached hydrogens (primary N) is 1. The molecular weight excluding hydrogens is 230 g/mol. The summed E-state index contributed by atoms with van der Waals surface area (Å²) in [5.74, 6) is 5.77. The van der Waals surface area contributed by atoms with Gasteiger partial charge in [-0.2, -0.15) is 5.10 Å². The van der Waals surface area contributed by atoms with Crippen LogP contribution in [0.25, 0.3) is 11.0 Å². The van der Waals surface area contributed by atoms with Gasteiger partial charge in [0.15, 0.2) is 11.3 Å². The molecule has 2 heterocycles. The lowest BCUT2D eigenvalue weighted by Gasteiger charge is -2.02. The van der Waals surface area contributed by atoms with E-state index >= 15 is 0 Å². The molecule has 0 aliphatic carbocycles. The Morgan fingerprint density at radius 2 is 2.00 bits per heavy atom. The average Bonchev–Trinajstić information content (AvgIpc) is 2.83. The van der Waals surface area contributed by atoms with Crippen LogP contribution in [-0.4, -0.2) is 25.2 Å². The van der Waals surface area contributed by atoms with Crippen molar-refractivity contribution in [3.63, 3.8) is 0 Å². The number of nitrogen functional groups attached to an aromatic ring is 1. The molecule has 0 bridgehead atoms. The second-order valence-electron chi connectivity index (χ2n) is 3.80. The molecule has 1 aromatic carbocycles. The van der Waals surface area contributed by atoms with E-state index in [-0.39, 0.29) is 0 Å². The van der Waals surface area contributed by atoms with E-state index in [0.29, 0.717) is 17.9 Å². The number of hydrazine groups is 1. The Kier molecular flexibility index (Phi) is 2.58. The highest BCUT2D eigenvalue weighted by atomic mass is 15.4. The van der Waals surface area contributed by atoms with Crippen molar-refractivity contribution in [1.29, 1.82) is 0 Å². The maximum atomic E-state index is 5.35. The largest absolute Gasteiger partial charge is 0.305 e. The predicted octanol–water partition coefficient (Wildman–Crippen LogP) is 0.555. The van der Waals surface area contributed by atoms with Crippen LogP contribution >= 0.6 is 0 Å². The van der Waals surface area contributed by atoms with Gasteiger partial charge in [-0.3, -0.25) is 0 Å². The summed E-state index contributed by atoms with van der Waals surface area (Å²) in [7, 11) is 0. The van der Waals surface area contributed by atoms with Crippen LogP contribution in [0.15, 0.2) is 36.5 Å². The van der Waals surface area contributed by atoms with Gasteiger partial charge in [-0.15, -0.1) is 10.2 Å². The minimum Gasteiger partial charge on any atom is -0.305 e. The molecule has 3 rings (SSSR count). The number of rotatable bonds is 3. The van der Waals surface area contributed by atoms with Gasteiger partial charge in [0.2, 0.25) is 0 Å². The first kappa shape index (κ1) is 10.6. The first-order valence-electron chi connectivity index (χ1n) is 5.44. The molecule has 18 heavy (non-hydrogen) atoms. The van der Waals surface area contributed by atoms with Crippen LogP contribution in [0, 0.1) is 0 Å². The monoisotopic (exact) mass is 241 g/mol. The highest BCUT2D eigenvalue weighted by Gasteiger charge is 2.10. The molecule has 0 saturated carbocycles. The number of benzene rings is 1. The maximum absolute atomic E-state index is 5.35. The molecule has 0 fully saturated rings. The highest BCUT2D eigenvalue weighted by Crippen LogP contribution is 2.16. The quantitative estimate of drug-likeness (QED) is 0.514. The van der Waals surface area contributed by atoms with Crippen LogP contribution < -0.4 is 11.3 Å². The van der Waals surface area contributed by atoms with Gasteiger partial charge in [0.05, 0.1) is 12.7 Å². The highest BCUT2D eigenvalue weighted by molar-refractivity contribution is 5.83. The van der Waals surface area contributed by atoms with Gasteiger partial charge in [0.1, 0.15) is 5.52 Å². The number of hydrogen-bond donors (Lipinski definition) is 2. The van der Waals surface area contributed by atoms with E-state index in [4.69, 9.17) is 5.84 Å². The zero-order valence-corrected chi connectivity index (χ0v) is 9.48. The second kappa shape index (κ2) is 4.38. The van der Waals surface area contributed by atoms with Crippen molar-refractivity contribution in [2.24, 2.45) is 5.84 Å². The van der Waals surface area contributed by atoms with Gasteiger partial charge < -0.3 is 5.43 Å². The number of aromatic nitrogens is 5. The average molecular weight is 241 g/mol. The zero-order valence-electron chi connectivity index (χ0n) is 9.48. The fraction of sp³-hybridized carbons (Fsp3) is 0.0909. The molecular formula is C11H11N7. The standard InChI is InChI=1S/C11H11N7/c12-14-11-10-9(6-13-16-11)18(17-15-10)7-8-4-2-1-3-5-8/h1-6H,7,12H2,(H,14,16). The molecule has 90 valence electrons. The summed E-state index contributed by atoms with van der Waals surface area (Å²) >= 11 is 0. The lowest BCUT2D eigenvalue weighted by Crippen LogP contribution is -2.10. The van der Waals surface area contributed by atoms with E-state index in [1.165, 1.54) is 0 Å². The van der Waals surface area contributed by atoms with Crippen molar-refractivity contribution in [3.8, 4) is 0 Å². The molecule has 2 aromatic heterocycles. The fourth-order valence-corrected chi connectivity index (χ4v) is 1.78. The minimum absolute atomic E-state index is 0.423. The Labute approximate surface area is 103 Å². The normalized spacial score (nSPS) is 10.7. The van der Waals surface area contributed by atoms with E-state index in [1.807, 2.05) is 30.3 Å². The summed E-state index contributed by atoms with van der Waals surface area (Å²) in [4.78, 5) is 0. The van der Waals surface area contributed by atoms with Crippen molar-refractivity contribution in [3.05, 3.63) is 42.1 Å².